The summed E-state index contributed by atoms with van der Waals surface area (Å²) in [5, 5.41) is 2.76. The Morgan fingerprint density at radius 1 is 1.15 bits per heavy atom. The topological polar surface area (TPSA) is 41.6 Å². The van der Waals surface area contributed by atoms with Crippen molar-refractivity contribution in [3.63, 3.8) is 0 Å². The van der Waals surface area contributed by atoms with E-state index in [0.717, 1.165) is 23.7 Å². The summed E-state index contributed by atoms with van der Waals surface area (Å²) in [6.45, 7) is 2.87. The number of rotatable bonds is 2. The van der Waals surface area contributed by atoms with Gasteiger partial charge in [0.25, 0.3) is 0 Å². The van der Waals surface area contributed by atoms with Gasteiger partial charge in [0.2, 0.25) is 5.91 Å². The lowest BCUT2D eigenvalue weighted by atomic mass is 10.1. The van der Waals surface area contributed by atoms with Gasteiger partial charge in [-0.3, -0.25) is 4.79 Å². The van der Waals surface area contributed by atoms with Crippen LogP contribution in [0.15, 0.2) is 48.5 Å². The molecule has 0 radical (unpaired) electrons. The van der Waals surface area contributed by atoms with Gasteiger partial charge in [-0.25, -0.2) is 0 Å². The van der Waals surface area contributed by atoms with Gasteiger partial charge in [-0.1, -0.05) is 18.2 Å². The average molecular weight is 268 g/mol. The minimum atomic E-state index is -0.0621. The van der Waals surface area contributed by atoms with E-state index in [0.29, 0.717) is 6.73 Å². The van der Waals surface area contributed by atoms with E-state index in [1.807, 2.05) is 42.5 Å². The zero-order valence-electron chi connectivity index (χ0n) is 11.3. The molecule has 0 unspecified atom stereocenters. The maximum Gasteiger partial charge on any atom is 0.221 e. The second kappa shape index (κ2) is 5.25. The van der Waals surface area contributed by atoms with Gasteiger partial charge < -0.3 is 15.0 Å². The van der Waals surface area contributed by atoms with Gasteiger partial charge in [0.05, 0.1) is 0 Å². The third-order valence-electron chi connectivity index (χ3n) is 3.26. The van der Waals surface area contributed by atoms with Crippen molar-refractivity contribution < 1.29 is 9.53 Å². The summed E-state index contributed by atoms with van der Waals surface area (Å²) >= 11 is 0. The van der Waals surface area contributed by atoms with E-state index in [2.05, 4.69) is 16.3 Å². The number of fused-ring (bicyclic) bond motifs is 1. The van der Waals surface area contributed by atoms with E-state index in [9.17, 15) is 4.79 Å². The molecule has 1 N–H and O–H groups in total. The van der Waals surface area contributed by atoms with E-state index in [4.69, 9.17) is 4.74 Å². The molecule has 0 atom stereocenters. The molecule has 3 rings (SSSR count). The zero-order valence-corrected chi connectivity index (χ0v) is 11.3. The monoisotopic (exact) mass is 268 g/mol. The highest BCUT2D eigenvalue weighted by atomic mass is 16.5. The van der Waals surface area contributed by atoms with Crippen LogP contribution in [0.5, 0.6) is 5.75 Å². The van der Waals surface area contributed by atoms with Crippen LogP contribution < -0.4 is 15.0 Å². The lowest BCUT2D eigenvalue weighted by molar-refractivity contribution is -0.114. The molecular formula is C16H16N2O2. The van der Waals surface area contributed by atoms with Gasteiger partial charge in [-0.15, -0.1) is 0 Å². The highest BCUT2D eigenvalue weighted by molar-refractivity contribution is 5.88. The molecule has 0 bridgehead atoms. The van der Waals surface area contributed by atoms with Crippen LogP contribution in [-0.2, 0) is 11.3 Å². The summed E-state index contributed by atoms with van der Waals surface area (Å²) in [5.41, 5.74) is 3.07. The number of nitrogens with zero attached hydrogens (tertiary/aromatic N) is 1. The Hall–Kier alpha value is -2.49. The molecule has 0 fully saturated rings. The van der Waals surface area contributed by atoms with Crippen molar-refractivity contribution in [3.05, 3.63) is 54.1 Å². The van der Waals surface area contributed by atoms with Gasteiger partial charge >= 0.3 is 0 Å². The fraction of sp³-hybridized carbons (Fsp3) is 0.188. The molecule has 102 valence electrons. The van der Waals surface area contributed by atoms with E-state index >= 15 is 0 Å². The van der Waals surface area contributed by atoms with Crippen LogP contribution in [0.25, 0.3) is 0 Å². The number of ether oxygens (including phenoxy) is 1. The van der Waals surface area contributed by atoms with Crippen LogP contribution in [0.1, 0.15) is 12.5 Å². The van der Waals surface area contributed by atoms with E-state index < -0.39 is 0 Å². The van der Waals surface area contributed by atoms with Crippen molar-refractivity contribution in [3.8, 4) is 5.75 Å². The number of carbonyl (C=O) groups is 1. The number of carbonyl (C=O) groups excluding carboxylic acids is 1. The first-order valence-corrected chi connectivity index (χ1v) is 6.56. The number of anilines is 2. The first-order valence-electron chi connectivity index (χ1n) is 6.56. The van der Waals surface area contributed by atoms with E-state index in [1.165, 1.54) is 12.5 Å². The van der Waals surface area contributed by atoms with Crippen LogP contribution in [-0.4, -0.2) is 12.6 Å². The van der Waals surface area contributed by atoms with E-state index in [1.54, 1.807) is 0 Å². The summed E-state index contributed by atoms with van der Waals surface area (Å²) in [4.78, 5) is 13.1. The molecule has 0 saturated carbocycles. The smallest absolute Gasteiger partial charge is 0.221 e. The molecule has 4 heteroatoms. The van der Waals surface area contributed by atoms with Crippen LogP contribution >= 0.6 is 0 Å². The molecule has 0 aromatic heterocycles. The quantitative estimate of drug-likeness (QED) is 0.910. The molecule has 0 aliphatic carbocycles. The molecule has 2 aromatic carbocycles. The largest absolute Gasteiger partial charge is 0.473 e. The van der Waals surface area contributed by atoms with Gasteiger partial charge in [-0.05, 0) is 30.3 Å². The van der Waals surface area contributed by atoms with Gasteiger partial charge in [0.1, 0.15) is 5.75 Å². The standard InChI is InChI=1S/C16H16N2O2/c1-12(19)17-14-6-8-15(9-7-14)18-10-13-4-2-3-5-16(13)20-11-18/h2-9H,10-11H2,1H3,(H,17,19). The highest BCUT2D eigenvalue weighted by Crippen LogP contribution is 2.28. The van der Waals surface area contributed by atoms with Gasteiger partial charge in [0.15, 0.2) is 6.73 Å². The number of para-hydroxylation sites is 1. The van der Waals surface area contributed by atoms with Crippen LogP contribution in [0, 0.1) is 0 Å². The predicted octanol–water partition coefficient (Wildman–Crippen LogP) is 3.00. The lowest BCUT2D eigenvalue weighted by Crippen LogP contribution is -2.31. The number of benzene rings is 2. The molecule has 0 spiro atoms. The Balaban J connectivity index is 1.76. The highest BCUT2D eigenvalue weighted by Gasteiger charge is 2.16. The molecular weight excluding hydrogens is 252 g/mol. The third-order valence-corrected chi connectivity index (χ3v) is 3.26. The van der Waals surface area contributed by atoms with Crippen molar-refractivity contribution in [2.45, 2.75) is 13.5 Å². The minimum absolute atomic E-state index is 0.0621. The summed E-state index contributed by atoms with van der Waals surface area (Å²) in [7, 11) is 0. The Morgan fingerprint density at radius 2 is 1.90 bits per heavy atom. The second-order valence-corrected chi connectivity index (χ2v) is 4.81. The van der Waals surface area contributed by atoms with Crippen LogP contribution in [0.2, 0.25) is 0 Å². The van der Waals surface area contributed by atoms with Crippen LogP contribution in [0.4, 0.5) is 11.4 Å². The first kappa shape index (κ1) is 12.5. The third kappa shape index (κ3) is 2.59. The molecule has 1 amide bonds. The molecule has 0 saturated heterocycles. The Bertz CT molecular complexity index is 623. The molecule has 1 heterocycles. The maximum atomic E-state index is 11.0. The van der Waals surface area contributed by atoms with Crippen molar-refractivity contribution in [2.75, 3.05) is 16.9 Å². The summed E-state index contributed by atoms with van der Waals surface area (Å²) in [6.07, 6.45) is 0. The van der Waals surface area contributed by atoms with Crippen molar-refractivity contribution >= 4 is 17.3 Å². The summed E-state index contributed by atoms with van der Waals surface area (Å²) in [6, 6.07) is 15.8. The maximum absolute atomic E-state index is 11.0. The Labute approximate surface area is 118 Å². The molecule has 4 nitrogen and oxygen atoms in total. The van der Waals surface area contributed by atoms with Gasteiger partial charge in [-0.2, -0.15) is 0 Å². The first-order chi connectivity index (χ1) is 9.72. The van der Waals surface area contributed by atoms with Crippen LogP contribution in [0.3, 0.4) is 0 Å². The SMILES string of the molecule is CC(=O)Nc1ccc(N2COc3ccccc3C2)cc1. The van der Waals surface area contributed by atoms with E-state index in [-0.39, 0.29) is 5.91 Å². The average Bonchev–Trinajstić information content (AvgIpc) is 2.47. The number of amides is 1. The van der Waals surface area contributed by atoms with Crippen molar-refractivity contribution in [2.24, 2.45) is 0 Å². The minimum Gasteiger partial charge on any atom is -0.473 e. The summed E-state index contributed by atoms with van der Waals surface area (Å²) < 4.78 is 5.74. The molecule has 2 aromatic rings. The van der Waals surface area contributed by atoms with Crippen molar-refractivity contribution in [1.82, 2.24) is 0 Å². The fourth-order valence-electron chi connectivity index (χ4n) is 2.30. The molecule has 1 aliphatic rings. The Kier molecular flexibility index (Phi) is 3.29. The van der Waals surface area contributed by atoms with Crippen molar-refractivity contribution in [1.29, 1.82) is 0 Å². The Morgan fingerprint density at radius 3 is 2.65 bits per heavy atom. The zero-order chi connectivity index (χ0) is 13.9. The van der Waals surface area contributed by atoms with Gasteiger partial charge in [0, 0.05) is 30.4 Å². The predicted molar refractivity (Wildman–Crippen MR) is 78.9 cm³/mol. The fourth-order valence-corrected chi connectivity index (χ4v) is 2.30. The molecule has 1 aliphatic heterocycles. The number of hydrogen-bond acceptors (Lipinski definition) is 3. The number of hydrogen-bond donors (Lipinski definition) is 1. The normalized spacial score (nSPS) is 13.3. The summed E-state index contributed by atoms with van der Waals surface area (Å²) in [5.74, 6) is 0.895. The molecule has 20 heavy (non-hydrogen) atoms. The number of nitrogens with one attached hydrogen (secondary N) is 1. The second-order valence-electron chi connectivity index (χ2n) is 4.81. The lowest BCUT2D eigenvalue weighted by Gasteiger charge is -2.30.